The van der Waals surface area contributed by atoms with Crippen molar-refractivity contribution < 1.29 is 33.2 Å². The number of imidazole rings is 1. The van der Waals surface area contributed by atoms with E-state index in [0.29, 0.717) is 49.7 Å². The van der Waals surface area contributed by atoms with Crippen molar-refractivity contribution in [1.29, 1.82) is 5.26 Å². The minimum absolute atomic E-state index is 0.000252. The van der Waals surface area contributed by atoms with Crippen LogP contribution >= 0.6 is 0 Å². The number of hydrogen-bond acceptors (Lipinski definition) is 11. The number of fused-ring (bicyclic) bond motifs is 1. The fraction of sp³-hybridized carbons (Fsp3) is 0.406. The van der Waals surface area contributed by atoms with Gasteiger partial charge in [-0.05, 0) is 49.2 Å². The number of likely N-dealkylation sites (tertiary alicyclic amines) is 1. The highest BCUT2D eigenvalue weighted by molar-refractivity contribution is 5.93. The first kappa shape index (κ1) is 30.4. The molecule has 13 heteroatoms. The molecule has 2 aliphatic rings. The molecule has 0 amide bonds. The van der Waals surface area contributed by atoms with Gasteiger partial charge in [0.15, 0.2) is 17.4 Å². The predicted molar refractivity (Wildman–Crippen MR) is 158 cm³/mol. The number of carbonyl (C=O) groups excluding carboxylic acids is 1. The fourth-order valence-corrected chi connectivity index (χ4v) is 5.64. The zero-order chi connectivity index (χ0) is 31.3. The number of piperidine rings is 1. The van der Waals surface area contributed by atoms with Gasteiger partial charge in [0, 0.05) is 37.9 Å². The highest BCUT2D eigenvalue weighted by atomic mass is 19.1. The number of aromatic nitrogens is 4. The van der Waals surface area contributed by atoms with Crippen LogP contribution in [-0.2, 0) is 29.2 Å². The lowest BCUT2D eigenvalue weighted by Crippen LogP contribution is -2.47. The number of aliphatic hydroxyl groups excluding tert-OH is 1. The van der Waals surface area contributed by atoms with Crippen LogP contribution in [0.4, 0.5) is 4.39 Å². The maximum Gasteiger partial charge on any atom is 0.337 e. The number of hydrogen-bond donors (Lipinski definition) is 1. The van der Waals surface area contributed by atoms with E-state index in [0.717, 1.165) is 36.0 Å². The minimum atomic E-state index is -0.638. The van der Waals surface area contributed by atoms with Crippen molar-refractivity contribution in [1.82, 2.24) is 24.4 Å². The van der Waals surface area contributed by atoms with Crippen LogP contribution in [0, 0.1) is 17.1 Å². The van der Waals surface area contributed by atoms with Gasteiger partial charge in [-0.1, -0.05) is 0 Å². The number of carbonyl (C=O) groups is 1. The number of aliphatic hydroxyl groups is 1. The van der Waals surface area contributed by atoms with Crippen LogP contribution in [0.1, 0.15) is 46.8 Å². The minimum Gasteiger partial charge on any atom is -0.483 e. The largest absolute Gasteiger partial charge is 0.483 e. The normalized spacial score (nSPS) is 19.9. The van der Waals surface area contributed by atoms with E-state index in [1.54, 1.807) is 18.3 Å². The van der Waals surface area contributed by atoms with E-state index >= 15 is 0 Å². The first-order valence-electron chi connectivity index (χ1n) is 14.8. The van der Waals surface area contributed by atoms with E-state index in [4.69, 9.17) is 29.2 Å². The van der Waals surface area contributed by atoms with Gasteiger partial charge < -0.3 is 28.6 Å². The molecule has 4 heterocycles. The summed E-state index contributed by atoms with van der Waals surface area (Å²) < 4.78 is 38.6. The van der Waals surface area contributed by atoms with Gasteiger partial charge in [0.25, 0.3) is 0 Å². The van der Waals surface area contributed by atoms with Gasteiger partial charge in [-0.2, -0.15) is 10.2 Å². The quantitative estimate of drug-likeness (QED) is 0.248. The van der Waals surface area contributed by atoms with Gasteiger partial charge in [-0.15, -0.1) is 0 Å². The van der Waals surface area contributed by atoms with Crippen molar-refractivity contribution in [2.45, 2.75) is 57.2 Å². The van der Waals surface area contributed by atoms with E-state index in [2.05, 4.69) is 19.4 Å². The predicted octanol–water partition coefficient (Wildman–Crippen LogP) is 3.40. The molecule has 0 saturated carbocycles. The number of esters is 1. The van der Waals surface area contributed by atoms with Crippen LogP contribution in [0.15, 0.2) is 48.7 Å². The lowest BCUT2D eigenvalue weighted by molar-refractivity contribution is -0.0594. The molecule has 4 aromatic rings. The van der Waals surface area contributed by atoms with Crippen molar-refractivity contribution in [3.05, 3.63) is 77.3 Å². The lowest BCUT2D eigenvalue weighted by Gasteiger charge is -2.38. The first-order chi connectivity index (χ1) is 21.9. The molecular weight excluding hydrogens is 583 g/mol. The summed E-state index contributed by atoms with van der Waals surface area (Å²) in [5.74, 6) is 0.470. The summed E-state index contributed by atoms with van der Waals surface area (Å²) in [5, 5.41) is 19.3. The topological polar surface area (TPSA) is 145 Å². The smallest absolute Gasteiger partial charge is 0.337 e. The molecule has 0 spiro atoms. The van der Waals surface area contributed by atoms with Crippen LogP contribution in [0.2, 0.25) is 0 Å². The molecule has 45 heavy (non-hydrogen) atoms. The SMILES string of the molecule is COC(=O)c1ccc2nc(CN3CC[C@H](Oc4ccnc(COc5ccc(C#N)cc5F)n4)C[C@@H]3CO)n(C[C@@H]3CCO3)c2c1. The van der Waals surface area contributed by atoms with E-state index < -0.39 is 11.8 Å². The van der Waals surface area contributed by atoms with E-state index in [9.17, 15) is 14.3 Å². The number of methoxy groups -OCH3 is 1. The van der Waals surface area contributed by atoms with Gasteiger partial charge in [0.05, 0.1) is 61.1 Å². The second kappa shape index (κ2) is 13.6. The molecule has 2 aromatic heterocycles. The van der Waals surface area contributed by atoms with Crippen LogP contribution < -0.4 is 9.47 Å². The van der Waals surface area contributed by atoms with Crippen molar-refractivity contribution in [2.24, 2.45) is 0 Å². The van der Waals surface area contributed by atoms with Crippen LogP contribution in [0.25, 0.3) is 11.0 Å². The van der Waals surface area contributed by atoms with E-state index in [1.807, 2.05) is 18.2 Å². The van der Waals surface area contributed by atoms with Gasteiger partial charge in [0.2, 0.25) is 5.88 Å². The molecule has 0 radical (unpaired) electrons. The summed E-state index contributed by atoms with van der Waals surface area (Å²) in [6.07, 6.45) is 3.67. The zero-order valence-corrected chi connectivity index (χ0v) is 24.8. The van der Waals surface area contributed by atoms with Crippen LogP contribution in [-0.4, -0.2) is 80.6 Å². The Morgan fingerprint density at radius 2 is 2.07 bits per heavy atom. The number of halogens is 1. The van der Waals surface area contributed by atoms with E-state index in [-0.39, 0.29) is 42.8 Å². The third-order valence-electron chi connectivity index (χ3n) is 8.16. The number of rotatable bonds is 11. The Morgan fingerprint density at radius 3 is 2.80 bits per heavy atom. The molecule has 234 valence electrons. The highest BCUT2D eigenvalue weighted by Gasteiger charge is 2.31. The van der Waals surface area contributed by atoms with Crippen LogP contribution in [0.5, 0.6) is 11.6 Å². The van der Waals surface area contributed by atoms with Crippen LogP contribution in [0.3, 0.4) is 0 Å². The summed E-state index contributed by atoms with van der Waals surface area (Å²) in [6.45, 7) is 2.39. The maximum atomic E-state index is 14.2. The number of nitriles is 1. The summed E-state index contributed by atoms with van der Waals surface area (Å²) in [6, 6.07) is 12.7. The van der Waals surface area contributed by atoms with E-state index in [1.165, 1.54) is 19.2 Å². The molecule has 1 N–H and O–H groups in total. The molecule has 2 aromatic carbocycles. The maximum absolute atomic E-state index is 14.2. The van der Waals surface area contributed by atoms with Gasteiger partial charge in [0.1, 0.15) is 18.5 Å². The summed E-state index contributed by atoms with van der Waals surface area (Å²) in [4.78, 5) is 27.9. The Bertz CT molecular complexity index is 1720. The van der Waals surface area contributed by atoms with Crippen molar-refractivity contribution >= 4 is 17.0 Å². The fourth-order valence-electron chi connectivity index (χ4n) is 5.64. The Hall–Kier alpha value is -4.64. The average molecular weight is 617 g/mol. The summed E-state index contributed by atoms with van der Waals surface area (Å²) >= 11 is 0. The molecule has 6 rings (SSSR count). The standard InChI is InChI=1S/C32H33FN6O6/c1-42-32(41)21-3-4-26-27(13-21)39(16-24-8-11-43-24)30(36-26)17-38-10-7-23(14-22(38)18-40)45-31-6-9-35-29(37-31)19-44-28-5-2-20(15-34)12-25(28)33/h2-6,9,12-13,22-24,40H,7-8,10-11,14,16-19H2,1H3/t22-,23+,24+/m1/s1. The van der Waals surface area contributed by atoms with Gasteiger partial charge >= 0.3 is 5.97 Å². The number of ether oxygens (including phenoxy) is 4. The molecular formula is C32H33FN6O6. The first-order valence-corrected chi connectivity index (χ1v) is 14.8. The Labute approximate surface area is 258 Å². The number of nitrogens with zero attached hydrogens (tertiary/aromatic N) is 6. The summed E-state index contributed by atoms with van der Waals surface area (Å²) in [5.41, 5.74) is 2.28. The molecule has 3 atom stereocenters. The molecule has 0 unspecified atom stereocenters. The Balaban J connectivity index is 1.11. The average Bonchev–Trinajstić information content (AvgIpc) is 3.38. The molecule has 0 aliphatic carbocycles. The van der Waals surface area contributed by atoms with Gasteiger partial charge in [-0.3, -0.25) is 4.90 Å². The summed E-state index contributed by atoms with van der Waals surface area (Å²) in [7, 11) is 1.36. The molecule has 2 fully saturated rings. The monoisotopic (exact) mass is 616 g/mol. The van der Waals surface area contributed by atoms with Gasteiger partial charge in [-0.25, -0.2) is 19.2 Å². The second-order valence-electron chi connectivity index (χ2n) is 11.0. The molecule has 12 nitrogen and oxygen atoms in total. The Morgan fingerprint density at radius 1 is 1.20 bits per heavy atom. The molecule has 2 saturated heterocycles. The third kappa shape index (κ3) is 6.88. The van der Waals surface area contributed by atoms with Crippen molar-refractivity contribution in [3.63, 3.8) is 0 Å². The lowest BCUT2D eigenvalue weighted by atomic mass is 9.99. The number of benzene rings is 2. The Kier molecular flexibility index (Phi) is 9.16. The molecule has 0 bridgehead atoms. The van der Waals surface area contributed by atoms with Crippen molar-refractivity contribution in [3.8, 4) is 17.7 Å². The van der Waals surface area contributed by atoms with Crippen molar-refractivity contribution in [2.75, 3.05) is 26.9 Å². The third-order valence-corrected chi connectivity index (χ3v) is 8.16. The zero-order valence-electron chi connectivity index (χ0n) is 24.8. The molecule has 2 aliphatic heterocycles. The highest BCUT2D eigenvalue weighted by Crippen LogP contribution is 2.27. The second-order valence-corrected chi connectivity index (χ2v) is 11.0.